The molecule has 2 fully saturated rings. The Morgan fingerprint density at radius 3 is 2.73 bits per heavy atom. The lowest BCUT2D eigenvalue weighted by molar-refractivity contribution is -0.149. The molecule has 2 atom stereocenters. The molecule has 8 heteroatoms. The first-order chi connectivity index (χ1) is 10.5. The van der Waals surface area contributed by atoms with Crippen LogP contribution in [0.1, 0.15) is 18.4 Å². The van der Waals surface area contributed by atoms with E-state index >= 15 is 0 Å². The lowest BCUT2D eigenvalue weighted by Gasteiger charge is -2.20. The Bertz CT molecular complexity index is 656. The van der Waals surface area contributed by atoms with Crippen molar-refractivity contribution >= 4 is 16.2 Å². The monoisotopic (exact) mass is 327 g/mol. The van der Waals surface area contributed by atoms with Gasteiger partial charge in [-0.2, -0.15) is 8.42 Å². The van der Waals surface area contributed by atoms with Gasteiger partial charge in [-0.25, -0.2) is 4.79 Å². The van der Waals surface area contributed by atoms with Gasteiger partial charge in [0.25, 0.3) is 0 Å². The highest BCUT2D eigenvalue weighted by Gasteiger charge is 2.42. The second kappa shape index (κ2) is 5.86. The molecule has 0 aliphatic carbocycles. The number of rotatable bonds is 3. The second-order valence-corrected chi connectivity index (χ2v) is 6.95. The van der Waals surface area contributed by atoms with Gasteiger partial charge in [-0.3, -0.25) is 4.89 Å². The number of hydrogen-bond donors (Lipinski definition) is 0. The minimum Gasteiger partial charge on any atom is -0.376 e. The fourth-order valence-electron chi connectivity index (χ4n) is 2.79. The van der Waals surface area contributed by atoms with Crippen LogP contribution in [0.3, 0.4) is 0 Å². The van der Waals surface area contributed by atoms with Crippen molar-refractivity contribution in [3.8, 4) is 0 Å². The predicted octanol–water partition coefficient (Wildman–Crippen LogP) is 1.62. The van der Waals surface area contributed by atoms with Crippen LogP contribution in [-0.4, -0.2) is 44.7 Å². The van der Waals surface area contributed by atoms with Gasteiger partial charge >= 0.3 is 16.2 Å². The third-order valence-electron chi connectivity index (χ3n) is 3.97. The van der Waals surface area contributed by atoms with E-state index in [1.165, 1.54) is 17.0 Å². The van der Waals surface area contributed by atoms with E-state index in [1.807, 2.05) is 6.92 Å². The smallest absolute Gasteiger partial charge is 0.376 e. The fraction of sp³-hybridized carbons (Fsp3) is 0.500. The summed E-state index contributed by atoms with van der Waals surface area (Å²) >= 11 is 0. The van der Waals surface area contributed by atoms with E-state index < -0.39 is 16.2 Å². The van der Waals surface area contributed by atoms with E-state index in [1.54, 1.807) is 12.1 Å². The molecule has 120 valence electrons. The predicted molar refractivity (Wildman–Crippen MR) is 75.4 cm³/mol. The Kier molecular flexibility index (Phi) is 4.07. The number of fused-ring (bicyclic) bond motifs is 1. The van der Waals surface area contributed by atoms with Gasteiger partial charge in [0, 0.05) is 13.2 Å². The quantitative estimate of drug-likeness (QED) is 0.620. The van der Waals surface area contributed by atoms with Gasteiger partial charge < -0.3 is 9.64 Å². The average Bonchev–Trinajstić information content (AvgIpc) is 3.08. The molecule has 1 aromatic rings. The standard InChI is InChI=1S/C14H17NO6S/c1-10-2-4-11(5-3-10)22(17,18)21-20-14(16)15-8-6-13-12(15)7-9-19-13/h2-5,12-13H,6-9H2,1H3. The van der Waals surface area contributed by atoms with Crippen LogP contribution in [0.4, 0.5) is 4.79 Å². The van der Waals surface area contributed by atoms with Gasteiger partial charge in [-0.05, 0) is 36.2 Å². The normalized spacial score (nSPS) is 24.3. The number of aryl methyl sites for hydroxylation is 1. The van der Waals surface area contributed by atoms with Crippen molar-refractivity contribution in [2.24, 2.45) is 0 Å². The van der Waals surface area contributed by atoms with Crippen molar-refractivity contribution in [1.29, 1.82) is 0 Å². The SMILES string of the molecule is Cc1ccc(S(=O)(=O)OOC(=O)N2CCC3OCCC32)cc1. The van der Waals surface area contributed by atoms with Gasteiger partial charge in [0.15, 0.2) is 0 Å². The zero-order valence-electron chi connectivity index (χ0n) is 12.1. The van der Waals surface area contributed by atoms with Gasteiger partial charge in [-0.15, -0.1) is 0 Å². The Labute approximate surface area is 128 Å². The molecule has 1 amide bonds. The molecular weight excluding hydrogens is 310 g/mol. The van der Waals surface area contributed by atoms with Gasteiger partial charge in [-0.1, -0.05) is 17.7 Å². The van der Waals surface area contributed by atoms with Crippen molar-refractivity contribution in [1.82, 2.24) is 4.90 Å². The highest BCUT2D eigenvalue weighted by Crippen LogP contribution is 2.29. The number of carbonyl (C=O) groups excluding carboxylic acids is 1. The number of benzene rings is 1. The zero-order chi connectivity index (χ0) is 15.7. The molecule has 0 bridgehead atoms. The average molecular weight is 327 g/mol. The first-order valence-electron chi connectivity index (χ1n) is 7.07. The summed E-state index contributed by atoms with van der Waals surface area (Å²) in [7, 11) is -4.12. The molecule has 1 aromatic carbocycles. The van der Waals surface area contributed by atoms with Crippen molar-refractivity contribution in [3.63, 3.8) is 0 Å². The summed E-state index contributed by atoms with van der Waals surface area (Å²) in [5.41, 5.74) is 0.917. The number of hydrogen-bond acceptors (Lipinski definition) is 6. The Balaban J connectivity index is 1.62. The van der Waals surface area contributed by atoms with Crippen molar-refractivity contribution < 1.29 is 27.2 Å². The van der Waals surface area contributed by atoms with E-state index in [-0.39, 0.29) is 17.0 Å². The second-order valence-electron chi connectivity index (χ2n) is 5.43. The molecule has 3 rings (SSSR count). The summed E-state index contributed by atoms with van der Waals surface area (Å²) in [6.45, 7) is 2.91. The summed E-state index contributed by atoms with van der Waals surface area (Å²) in [5, 5.41) is 0. The lowest BCUT2D eigenvalue weighted by atomic mass is 10.1. The molecular formula is C14H17NO6S. The van der Waals surface area contributed by atoms with Gasteiger partial charge in [0.05, 0.1) is 17.0 Å². The van der Waals surface area contributed by atoms with E-state index in [4.69, 9.17) is 4.74 Å². The molecule has 0 spiro atoms. The van der Waals surface area contributed by atoms with E-state index in [9.17, 15) is 13.2 Å². The van der Waals surface area contributed by atoms with Crippen LogP contribution in [0.2, 0.25) is 0 Å². The molecule has 0 saturated carbocycles. The summed E-state index contributed by atoms with van der Waals surface area (Å²) in [4.78, 5) is 17.9. The largest absolute Gasteiger partial charge is 0.443 e. The summed E-state index contributed by atoms with van der Waals surface area (Å²) in [6.07, 6.45) is 0.671. The van der Waals surface area contributed by atoms with Crippen LogP contribution in [0.15, 0.2) is 29.2 Å². The van der Waals surface area contributed by atoms with Crippen molar-refractivity contribution in [2.45, 2.75) is 36.8 Å². The minimum absolute atomic E-state index is 0.0151. The molecule has 2 aliphatic heterocycles. The van der Waals surface area contributed by atoms with Crippen LogP contribution in [0.5, 0.6) is 0 Å². The maximum Gasteiger partial charge on any atom is 0.443 e. The highest BCUT2D eigenvalue weighted by atomic mass is 32.2. The first kappa shape index (κ1) is 15.3. The highest BCUT2D eigenvalue weighted by molar-refractivity contribution is 7.86. The van der Waals surface area contributed by atoms with Crippen molar-refractivity contribution in [2.75, 3.05) is 13.2 Å². The number of carbonyl (C=O) groups is 1. The molecule has 2 heterocycles. The minimum atomic E-state index is -4.12. The van der Waals surface area contributed by atoms with Crippen LogP contribution < -0.4 is 0 Å². The molecule has 22 heavy (non-hydrogen) atoms. The zero-order valence-corrected chi connectivity index (χ0v) is 12.9. The molecule has 2 saturated heterocycles. The molecule has 0 radical (unpaired) electrons. The van der Waals surface area contributed by atoms with E-state index in [0.29, 0.717) is 13.2 Å². The Hall–Kier alpha value is -1.64. The molecule has 0 aromatic heterocycles. The molecule has 0 N–H and O–H groups in total. The first-order valence-corrected chi connectivity index (χ1v) is 8.48. The van der Waals surface area contributed by atoms with Crippen LogP contribution in [0.25, 0.3) is 0 Å². The fourth-order valence-corrected chi connectivity index (χ4v) is 3.49. The number of ether oxygens (including phenoxy) is 1. The maximum absolute atomic E-state index is 12.0. The lowest BCUT2D eigenvalue weighted by Crippen LogP contribution is -2.38. The summed E-state index contributed by atoms with van der Waals surface area (Å²) in [6, 6.07) is 6.01. The third-order valence-corrected chi connectivity index (χ3v) is 5.07. The van der Waals surface area contributed by atoms with Gasteiger partial charge in [0.2, 0.25) is 0 Å². The van der Waals surface area contributed by atoms with Crippen LogP contribution >= 0.6 is 0 Å². The number of amides is 1. The van der Waals surface area contributed by atoms with Crippen molar-refractivity contribution in [3.05, 3.63) is 29.8 Å². The third kappa shape index (κ3) is 2.94. The Morgan fingerprint density at radius 1 is 1.27 bits per heavy atom. The number of nitrogens with zero attached hydrogens (tertiary/aromatic N) is 1. The molecule has 2 aliphatic rings. The van der Waals surface area contributed by atoms with E-state index in [0.717, 1.165) is 18.4 Å². The maximum atomic E-state index is 12.0. The van der Waals surface area contributed by atoms with Crippen LogP contribution in [-0.2, 0) is 24.1 Å². The topological polar surface area (TPSA) is 82.1 Å². The number of likely N-dealkylation sites (tertiary alicyclic amines) is 1. The summed E-state index contributed by atoms with van der Waals surface area (Å²) in [5.74, 6) is 0. The van der Waals surface area contributed by atoms with Gasteiger partial charge in [0.1, 0.15) is 0 Å². The summed E-state index contributed by atoms with van der Waals surface area (Å²) < 4.78 is 33.8. The van der Waals surface area contributed by atoms with Crippen LogP contribution in [0, 0.1) is 6.92 Å². The molecule has 7 nitrogen and oxygen atoms in total. The Morgan fingerprint density at radius 2 is 2.00 bits per heavy atom. The van der Waals surface area contributed by atoms with E-state index in [2.05, 4.69) is 9.22 Å². The molecule has 2 unspecified atom stereocenters.